The topological polar surface area (TPSA) is 197 Å². The summed E-state index contributed by atoms with van der Waals surface area (Å²) in [6, 6.07) is 22.7. The van der Waals surface area contributed by atoms with Crippen LogP contribution in [0.15, 0.2) is 94.7 Å². The van der Waals surface area contributed by atoms with Crippen LogP contribution in [0.1, 0.15) is 35.1 Å². The molecule has 4 aromatic carbocycles. The number of anilines is 2. The molecule has 0 spiro atoms. The molecule has 0 aliphatic carbocycles. The maximum absolute atomic E-state index is 11.1. The largest absolute Gasteiger partial charge is 0.744 e. The van der Waals surface area contributed by atoms with Crippen LogP contribution in [0.3, 0.4) is 0 Å². The Bertz CT molecular complexity index is 2260. The lowest BCUT2D eigenvalue weighted by atomic mass is 10.0. The number of hydrogen-bond acceptors (Lipinski definition) is 13. The Kier molecular flexibility index (Phi) is 18.1. The van der Waals surface area contributed by atoms with Crippen molar-refractivity contribution < 1.29 is 39.9 Å². The first-order valence-electron chi connectivity index (χ1n) is 19.4. The van der Waals surface area contributed by atoms with Crippen LogP contribution in [0.5, 0.6) is 0 Å². The van der Waals surface area contributed by atoms with Gasteiger partial charge in [0.05, 0.1) is 61.0 Å². The van der Waals surface area contributed by atoms with Crippen molar-refractivity contribution in [2.75, 3.05) is 91.4 Å². The van der Waals surface area contributed by atoms with E-state index in [2.05, 4.69) is 40.0 Å². The van der Waals surface area contributed by atoms with Gasteiger partial charge in [-0.3, -0.25) is 24.4 Å². The average molecular weight is 871 g/mol. The van der Waals surface area contributed by atoms with E-state index in [0.29, 0.717) is 0 Å². The number of hydrogen-bond donors (Lipinski definition) is 0. The maximum atomic E-state index is 11.1. The smallest absolute Gasteiger partial charge is 0.296 e. The minimum Gasteiger partial charge on any atom is -0.744 e. The van der Waals surface area contributed by atoms with Gasteiger partial charge in [0.25, 0.3) is 21.5 Å². The molecule has 16 nitrogen and oxygen atoms in total. The lowest BCUT2D eigenvalue weighted by molar-refractivity contribution is -0.868. The third-order valence-corrected chi connectivity index (χ3v) is 11.8. The standard InChI is InChI=1S/C14H22N3O2.C13H19N3O2.C8H10O3S.C7H8O3S/c1-17(2,3)10-9-15-8-4-5-12-6-7-13(16(18)19)11-14(12)15;1-14(2)8-9-15-7-3-4-11-5-6-12(16(17)18)10-13(11)15;1-7-3-5-8(6-4-7)12(9,10)11-2;1-6-2-4-7(5-3-6)11(8,9)10/h6-7,11H,4-5,8-10H2,1-3H3;5-6,10H,3-4,7-9H2,1-2H3;3-6H,1-2H3;2-5H,1H3,(H,8,9,10)/q+1;;;/p-1. The van der Waals surface area contributed by atoms with Crippen LogP contribution in [-0.2, 0) is 37.3 Å². The number of nitrogens with zero attached hydrogens (tertiary/aromatic N) is 6. The Morgan fingerprint density at radius 3 is 1.47 bits per heavy atom. The van der Waals surface area contributed by atoms with Crippen molar-refractivity contribution in [3.05, 3.63) is 127 Å². The summed E-state index contributed by atoms with van der Waals surface area (Å²) < 4.78 is 58.6. The summed E-state index contributed by atoms with van der Waals surface area (Å²) in [4.78, 5) is 27.8. The third-order valence-electron chi connectivity index (χ3n) is 9.69. The van der Waals surface area contributed by atoms with Gasteiger partial charge < -0.3 is 23.7 Å². The molecule has 0 radical (unpaired) electrons. The molecule has 60 heavy (non-hydrogen) atoms. The zero-order valence-electron chi connectivity index (χ0n) is 35.7. The SMILES string of the molecule is CN(C)CCN1CCCc2ccc([N+](=O)[O-])cc21.COS(=O)(=O)c1ccc(C)cc1.C[N+](C)(C)CCN1CCCc2ccc([N+](=O)[O-])cc21.Cc1ccc(S(=O)(=O)[O-])cc1. The first-order valence-corrected chi connectivity index (χ1v) is 22.2. The molecule has 6 rings (SSSR count). The highest BCUT2D eigenvalue weighted by atomic mass is 32.2. The lowest BCUT2D eigenvalue weighted by Gasteiger charge is -2.34. The molecular weight excluding hydrogens is 813 g/mol. The molecule has 0 amide bonds. The van der Waals surface area contributed by atoms with E-state index in [-0.39, 0.29) is 31.0 Å². The van der Waals surface area contributed by atoms with Crippen molar-refractivity contribution in [1.29, 1.82) is 0 Å². The Balaban J connectivity index is 0.000000219. The molecule has 0 saturated carbocycles. The normalized spacial score (nSPS) is 13.6. The molecule has 18 heteroatoms. The second kappa shape index (κ2) is 22.0. The number of nitro groups is 2. The Hall–Kier alpha value is -4.98. The number of rotatable bonds is 11. The second-order valence-electron chi connectivity index (χ2n) is 15.8. The summed E-state index contributed by atoms with van der Waals surface area (Å²) in [7, 11) is 3.94. The molecule has 0 N–H and O–H groups in total. The second-order valence-corrected chi connectivity index (χ2v) is 18.9. The lowest BCUT2D eigenvalue weighted by Crippen LogP contribution is -2.43. The van der Waals surface area contributed by atoms with E-state index < -0.39 is 20.2 Å². The molecule has 4 aromatic rings. The number of quaternary nitrogens is 1. The van der Waals surface area contributed by atoms with E-state index in [1.165, 1.54) is 35.4 Å². The Labute approximate surface area is 354 Å². The van der Waals surface area contributed by atoms with Crippen molar-refractivity contribution in [2.24, 2.45) is 0 Å². The van der Waals surface area contributed by atoms with Crippen LogP contribution in [0.25, 0.3) is 0 Å². The van der Waals surface area contributed by atoms with Crippen molar-refractivity contribution in [3.8, 4) is 0 Å². The zero-order chi connectivity index (χ0) is 44.8. The van der Waals surface area contributed by atoms with E-state index >= 15 is 0 Å². The first-order chi connectivity index (χ1) is 28.0. The molecule has 0 fully saturated rings. The molecule has 2 heterocycles. The minimum atomic E-state index is -4.27. The number of benzene rings is 4. The van der Waals surface area contributed by atoms with Crippen LogP contribution in [0, 0.1) is 34.1 Å². The van der Waals surface area contributed by atoms with Gasteiger partial charge in [-0.1, -0.05) is 47.5 Å². The summed E-state index contributed by atoms with van der Waals surface area (Å²) in [6.07, 6.45) is 4.29. The van der Waals surface area contributed by atoms with Gasteiger partial charge in [-0.25, -0.2) is 8.42 Å². The Morgan fingerprint density at radius 1 is 0.683 bits per heavy atom. The predicted octanol–water partition coefficient (Wildman–Crippen LogP) is 6.19. The third kappa shape index (κ3) is 15.9. The van der Waals surface area contributed by atoms with Gasteiger partial charge in [0.15, 0.2) is 0 Å². The van der Waals surface area contributed by atoms with Crippen LogP contribution < -0.4 is 9.80 Å². The van der Waals surface area contributed by atoms with E-state index in [9.17, 15) is 41.6 Å². The number of nitro benzene ring substituents is 2. The van der Waals surface area contributed by atoms with Crippen LogP contribution in [0.4, 0.5) is 22.7 Å². The number of aryl methyl sites for hydroxylation is 4. The van der Waals surface area contributed by atoms with Gasteiger partial charge in [-0.05, 0) is 89.0 Å². The fourth-order valence-electron chi connectivity index (χ4n) is 6.22. The van der Waals surface area contributed by atoms with Gasteiger partial charge in [-0.15, -0.1) is 0 Å². The van der Waals surface area contributed by atoms with Crippen molar-refractivity contribution in [1.82, 2.24) is 4.90 Å². The molecule has 0 unspecified atom stereocenters. The van der Waals surface area contributed by atoms with Crippen molar-refractivity contribution in [2.45, 2.75) is 49.3 Å². The zero-order valence-corrected chi connectivity index (χ0v) is 37.4. The molecule has 328 valence electrons. The number of likely N-dealkylation sites (N-methyl/N-ethyl adjacent to an activating group) is 2. The summed E-state index contributed by atoms with van der Waals surface area (Å²) >= 11 is 0. The van der Waals surface area contributed by atoms with Crippen LogP contribution >= 0.6 is 0 Å². The number of non-ortho nitro benzene ring substituents is 2. The molecule has 0 aromatic heterocycles. The van der Waals surface area contributed by atoms with Crippen molar-refractivity contribution >= 4 is 43.0 Å². The molecule has 2 aliphatic heterocycles. The fraction of sp³-hybridized carbons (Fsp3) is 0.429. The highest BCUT2D eigenvalue weighted by molar-refractivity contribution is 7.86. The van der Waals surface area contributed by atoms with E-state index in [1.54, 1.807) is 48.5 Å². The molecule has 0 saturated heterocycles. The molecular formula is C42H58N6O10S2. The van der Waals surface area contributed by atoms with Crippen molar-refractivity contribution in [3.63, 3.8) is 0 Å². The Morgan fingerprint density at radius 2 is 1.10 bits per heavy atom. The summed E-state index contributed by atoms with van der Waals surface area (Å²) in [6.45, 7) is 9.55. The van der Waals surface area contributed by atoms with E-state index in [4.69, 9.17) is 0 Å². The fourth-order valence-corrected chi connectivity index (χ4v) is 7.35. The van der Waals surface area contributed by atoms with Gasteiger partial charge >= 0.3 is 0 Å². The predicted molar refractivity (Wildman–Crippen MR) is 233 cm³/mol. The maximum Gasteiger partial charge on any atom is 0.296 e. The van der Waals surface area contributed by atoms with E-state index in [1.807, 2.05) is 40.1 Å². The van der Waals surface area contributed by atoms with E-state index in [0.717, 1.165) is 99.0 Å². The number of fused-ring (bicyclic) bond motifs is 2. The average Bonchev–Trinajstić information content (AvgIpc) is 3.19. The van der Waals surface area contributed by atoms with Gasteiger partial charge in [-0.2, -0.15) is 8.42 Å². The van der Waals surface area contributed by atoms with Gasteiger partial charge in [0, 0.05) is 61.8 Å². The summed E-state index contributed by atoms with van der Waals surface area (Å²) in [5, 5.41) is 21.7. The highest BCUT2D eigenvalue weighted by Gasteiger charge is 2.22. The molecule has 0 atom stereocenters. The highest BCUT2D eigenvalue weighted by Crippen LogP contribution is 2.32. The van der Waals surface area contributed by atoms with Crippen LogP contribution in [0.2, 0.25) is 0 Å². The van der Waals surface area contributed by atoms with Gasteiger partial charge in [0.2, 0.25) is 0 Å². The van der Waals surface area contributed by atoms with Crippen LogP contribution in [-0.4, -0.2) is 122 Å². The minimum absolute atomic E-state index is 0.178. The van der Waals surface area contributed by atoms with Gasteiger partial charge in [0.1, 0.15) is 10.1 Å². The quantitative estimate of drug-likeness (QED) is 0.0544. The molecule has 0 bridgehead atoms. The summed E-state index contributed by atoms with van der Waals surface area (Å²) in [5.74, 6) is 0. The first kappa shape index (κ1) is 49.4. The summed E-state index contributed by atoms with van der Waals surface area (Å²) in [5.41, 5.74) is 6.87. The monoisotopic (exact) mass is 870 g/mol. The molecule has 2 aliphatic rings.